The van der Waals surface area contributed by atoms with E-state index in [2.05, 4.69) is 84.0 Å². The maximum absolute atomic E-state index is 12.9. The molecule has 0 radical (unpaired) electrons. The number of hydrogen-bond acceptors (Lipinski definition) is 9. The molecule has 0 N–H and O–H groups in total. The third-order valence-corrected chi connectivity index (χ3v) is 12.3. The van der Waals surface area contributed by atoms with Crippen molar-refractivity contribution in [2.75, 3.05) is 14.2 Å². The number of nitrogens with zero attached hydrogens (tertiary/aromatic N) is 3. The van der Waals surface area contributed by atoms with E-state index in [-0.39, 0.29) is 36.6 Å². The van der Waals surface area contributed by atoms with Crippen LogP contribution in [0, 0.1) is 17.8 Å². The molecular weight excluding hydrogens is 811 g/mol. The van der Waals surface area contributed by atoms with Gasteiger partial charge in [0.1, 0.15) is 13.2 Å². The number of ether oxygens (including phenoxy) is 4. The number of aromatic nitrogens is 1. The van der Waals surface area contributed by atoms with Crippen LogP contribution in [-0.2, 0) is 45.3 Å². The zero-order chi connectivity index (χ0) is 46.9. The summed E-state index contributed by atoms with van der Waals surface area (Å²) >= 11 is 0. The van der Waals surface area contributed by atoms with Gasteiger partial charge in [-0.2, -0.15) is 0 Å². The van der Waals surface area contributed by atoms with E-state index in [1.165, 1.54) is 34.7 Å². The lowest BCUT2D eigenvalue weighted by Crippen LogP contribution is -2.16. The zero-order valence-corrected chi connectivity index (χ0v) is 40.3. The molecule has 1 aromatic heterocycles. The van der Waals surface area contributed by atoms with Gasteiger partial charge in [-0.05, 0) is 116 Å². The van der Waals surface area contributed by atoms with Gasteiger partial charge in [0, 0.05) is 41.6 Å². The van der Waals surface area contributed by atoms with Gasteiger partial charge in [0.15, 0.2) is 34.6 Å². The molecule has 5 rings (SSSR count). The number of benzene rings is 4. The summed E-state index contributed by atoms with van der Waals surface area (Å²) < 4.78 is 24.1. The SMILES string of the molecule is CCCC(C=Nc1cc(OCc2cccc(COc3cc(N=CC(Cc4ccc(CC)cc4CC)C(C)CC)c(C(C)=O)cc3OC)n2)c(OC)cc1C(C)=O)Cc1ccccc1CC. The Morgan fingerprint density at radius 1 is 0.615 bits per heavy atom. The number of Topliss-reactive ketones (excluding diaryl/α,β-unsaturated/α-hetero) is 2. The Bertz CT molecular complexity index is 2440. The average Bonchev–Trinajstić information content (AvgIpc) is 3.32. The van der Waals surface area contributed by atoms with E-state index < -0.39 is 0 Å². The standard InChI is InChI=1S/C56H69N3O6/c1-11-19-41(27-44-21-17-16-20-42(44)14-4)33-57-51-31-55(53(62-9)29-49(51)38(7)60)64-35-47-22-18-23-48(59-47)36-65-56-32-52(50(39(8)61)30-54(56)63-10)58-34-46(37(6)12-2)28-45-25-24-40(13-3)26-43(45)15-5/h16-18,20-26,29-34,37,41,46H,11-15,19,27-28,35-36H2,1-10H3. The predicted octanol–water partition coefficient (Wildman–Crippen LogP) is 13.3. The van der Waals surface area contributed by atoms with Crippen molar-refractivity contribution >= 4 is 35.4 Å². The van der Waals surface area contributed by atoms with Crippen LogP contribution >= 0.6 is 0 Å². The van der Waals surface area contributed by atoms with Crippen LogP contribution in [0.5, 0.6) is 23.0 Å². The van der Waals surface area contributed by atoms with E-state index in [1.54, 1.807) is 45.4 Å². The number of methoxy groups -OCH3 is 2. The largest absolute Gasteiger partial charge is 0.493 e. The molecule has 3 atom stereocenters. The summed E-state index contributed by atoms with van der Waals surface area (Å²) in [6.07, 6.45) is 11.7. The zero-order valence-electron chi connectivity index (χ0n) is 40.3. The number of ketones is 2. The molecule has 4 aromatic carbocycles. The lowest BCUT2D eigenvalue weighted by molar-refractivity contribution is 0.100. The highest BCUT2D eigenvalue weighted by atomic mass is 16.5. The molecule has 0 saturated carbocycles. The monoisotopic (exact) mass is 880 g/mol. The molecule has 0 aliphatic rings. The van der Waals surface area contributed by atoms with Crippen molar-refractivity contribution in [2.24, 2.45) is 27.7 Å². The second kappa shape index (κ2) is 24.8. The summed E-state index contributed by atoms with van der Waals surface area (Å²) in [6.45, 7) is 16.6. The first-order valence-corrected chi connectivity index (χ1v) is 23.4. The number of pyridine rings is 1. The molecule has 1 heterocycles. The fraction of sp³-hybridized carbons (Fsp3) is 0.411. The lowest BCUT2D eigenvalue weighted by atomic mass is 9.85. The molecule has 9 heteroatoms. The van der Waals surface area contributed by atoms with E-state index in [4.69, 9.17) is 33.9 Å². The van der Waals surface area contributed by atoms with E-state index >= 15 is 0 Å². The smallest absolute Gasteiger partial charge is 0.163 e. The average molecular weight is 880 g/mol. The molecule has 0 bridgehead atoms. The first kappa shape index (κ1) is 49.9. The minimum absolute atomic E-state index is 0.111. The summed E-state index contributed by atoms with van der Waals surface area (Å²) in [4.78, 5) is 40.5. The van der Waals surface area contributed by atoms with Crippen molar-refractivity contribution in [1.29, 1.82) is 0 Å². The van der Waals surface area contributed by atoms with Crippen molar-refractivity contribution in [3.63, 3.8) is 0 Å². The molecule has 9 nitrogen and oxygen atoms in total. The maximum atomic E-state index is 12.9. The fourth-order valence-corrected chi connectivity index (χ4v) is 8.14. The second-order valence-corrected chi connectivity index (χ2v) is 16.8. The van der Waals surface area contributed by atoms with Crippen LogP contribution in [-0.4, -0.2) is 43.2 Å². The molecule has 0 fully saturated rings. The summed E-state index contributed by atoms with van der Waals surface area (Å²) in [5, 5.41) is 0. The van der Waals surface area contributed by atoms with Gasteiger partial charge in [-0.25, -0.2) is 0 Å². The molecule has 0 aliphatic carbocycles. The third-order valence-electron chi connectivity index (χ3n) is 12.3. The van der Waals surface area contributed by atoms with Gasteiger partial charge >= 0.3 is 0 Å². The van der Waals surface area contributed by atoms with Crippen molar-refractivity contribution < 1.29 is 28.5 Å². The molecule has 0 aliphatic heterocycles. The molecule has 3 unspecified atom stereocenters. The van der Waals surface area contributed by atoms with Crippen LogP contribution in [0.15, 0.2) is 94.9 Å². The van der Waals surface area contributed by atoms with Crippen LogP contribution in [0.1, 0.15) is 135 Å². The molecule has 0 spiro atoms. The van der Waals surface area contributed by atoms with Crippen molar-refractivity contribution in [2.45, 2.75) is 120 Å². The Balaban J connectivity index is 1.34. The number of aryl methyl sites for hydroxylation is 3. The normalized spacial score (nSPS) is 12.9. The minimum Gasteiger partial charge on any atom is -0.493 e. The van der Waals surface area contributed by atoms with E-state index in [1.807, 2.05) is 30.6 Å². The fourth-order valence-electron chi connectivity index (χ4n) is 8.14. The summed E-state index contributed by atoms with van der Waals surface area (Å²) in [7, 11) is 3.11. The number of hydrogen-bond donors (Lipinski definition) is 0. The molecule has 5 aromatic rings. The van der Waals surface area contributed by atoms with Gasteiger partial charge in [-0.15, -0.1) is 0 Å². The highest BCUT2D eigenvalue weighted by molar-refractivity contribution is 6.01. The third kappa shape index (κ3) is 13.7. The molecule has 0 saturated heterocycles. The number of carbonyl (C=O) groups excluding carboxylic acids is 2. The summed E-state index contributed by atoms with van der Waals surface area (Å²) in [5.74, 6) is 2.30. The van der Waals surface area contributed by atoms with Crippen molar-refractivity contribution in [3.8, 4) is 23.0 Å². The number of aliphatic imine (C=N–C) groups is 2. The van der Waals surface area contributed by atoms with Crippen LogP contribution in [0.25, 0.3) is 0 Å². The van der Waals surface area contributed by atoms with Gasteiger partial charge in [0.05, 0.1) is 37.0 Å². The maximum Gasteiger partial charge on any atom is 0.163 e. The van der Waals surface area contributed by atoms with E-state index in [9.17, 15) is 9.59 Å². The van der Waals surface area contributed by atoms with E-state index in [0.717, 1.165) is 51.4 Å². The van der Waals surface area contributed by atoms with Gasteiger partial charge in [0.2, 0.25) is 0 Å². The van der Waals surface area contributed by atoms with Crippen molar-refractivity contribution in [1.82, 2.24) is 4.98 Å². The van der Waals surface area contributed by atoms with Crippen LogP contribution in [0.2, 0.25) is 0 Å². The summed E-state index contributed by atoms with van der Waals surface area (Å²) in [5.41, 5.74) is 10.1. The number of carbonyl (C=O) groups is 2. The Morgan fingerprint density at radius 2 is 1.17 bits per heavy atom. The minimum atomic E-state index is -0.111. The Labute approximate surface area is 387 Å². The molecule has 344 valence electrons. The Morgan fingerprint density at radius 3 is 1.68 bits per heavy atom. The van der Waals surface area contributed by atoms with Crippen LogP contribution < -0.4 is 18.9 Å². The molecule has 65 heavy (non-hydrogen) atoms. The molecule has 0 amide bonds. The van der Waals surface area contributed by atoms with Crippen LogP contribution in [0.3, 0.4) is 0 Å². The number of rotatable bonds is 25. The summed E-state index contributed by atoms with van der Waals surface area (Å²) in [6, 6.07) is 28.0. The van der Waals surface area contributed by atoms with Crippen LogP contribution in [0.4, 0.5) is 11.4 Å². The first-order valence-electron chi connectivity index (χ1n) is 23.4. The predicted molar refractivity (Wildman–Crippen MR) is 265 cm³/mol. The Hall–Kier alpha value is -6.09. The van der Waals surface area contributed by atoms with Gasteiger partial charge < -0.3 is 18.9 Å². The molecular formula is C56H69N3O6. The lowest BCUT2D eigenvalue weighted by Gasteiger charge is -2.21. The van der Waals surface area contributed by atoms with Crippen molar-refractivity contribution in [3.05, 3.63) is 135 Å². The van der Waals surface area contributed by atoms with Gasteiger partial charge in [-0.1, -0.05) is 103 Å². The second-order valence-electron chi connectivity index (χ2n) is 16.8. The van der Waals surface area contributed by atoms with Gasteiger partial charge in [0.25, 0.3) is 0 Å². The Kier molecular flexibility index (Phi) is 19.1. The quantitative estimate of drug-likeness (QED) is 0.0424. The highest BCUT2D eigenvalue weighted by Crippen LogP contribution is 2.38. The first-order chi connectivity index (χ1) is 31.4. The van der Waals surface area contributed by atoms with E-state index in [0.29, 0.717) is 62.8 Å². The van der Waals surface area contributed by atoms with Gasteiger partial charge in [-0.3, -0.25) is 24.6 Å². The highest BCUT2D eigenvalue weighted by Gasteiger charge is 2.20. The topological polar surface area (TPSA) is 109 Å².